The van der Waals surface area contributed by atoms with Crippen LogP contribution in [0.3, 0.4) is 0 Å². The molecule has 0 amide bonds. The molecule has 0 aromatic heterocycles. The number of benzene rings is 1. The fourth-order valence-electron chi connectivity index (χ4n) is 2.09. The Bertz CT molecular complexity index is 475. The average Bonchev–Trinajstić information content (AvgIpc) is 2.36. The van der Waals surface area contributed by atoms with E-state index in [1.54, 1.807) is 6.07 Å². The molecule has 96 valence electrons. The SMILES string of the molecule is CCCCC/C=C1/Cc2cccc(O)c2OC1=O. The molecule has 1 aromatic carbocycles. The highest BCUT2D eigenvalue weighted by molar-refractivity contribution is 5.93. The molecule has 18 heavy (non-hydrogen) atoms. The Labute approximate surface area is 107 Å². The van der Waals surface area contributed by atoms with Crippen LogP contribution < -0.4 is 4.74 Å². The van der Waals surface area contributed by atoms with E-state index in [0.717, 1.165) is 18.4 Å². The monoisotopic (exact) mass is 246 g/mol. The van der Waals surface area contributed by atoms with Gasteiger partial charge in [0.15, 0.2) is 11.5 Å². The summed E-state index contributed by atoms with van der Waals surface area (Å²) in [5, 5.41) is 9.61. The normalized spacial score (nSPS) is 16.5. The van der Waals surface area contributed by atoms with Crippen LogP contribution in [0.1, 0.15) is 38.2 Å². The van der Waals surface area contributed by atoms with Gasteiger partial charge in [-0.15, -0.1) is 0 Å². The molecule has 1 N–H and O–H groups in total. The van der Waals surface area contributed by atoms with Crippen molar-refractivity contribution in [1.82, 2.24) is 0 Å². The van der Waals surface area contributed by atoms with E-state index < -0.39 is 0 Å². The lowest BCUT2D eigenvalue weighted by Gasteiger charge is -2.18. The van der Waals surface area contributed by atoms with Crippen molar-refractivity contribution >= 4 is 5.97 Å². The Hall–Kier alpha value is -1.77. The van der Waals surface area contributed by atoms with Crippen LogP contribution in [0.25, 0.3) is 0 Å². The van der Waals surface area contributed by atoms with Gasteiger partial charge in [0.1, 0.15) is 0 Å². The summed E-state index contributed by atoms with van der Waals surface area (Å²) in [6.07, 6.45) is 6.87. The van der Waals surface area contributed by atoms with Crippen LogP contribution in [0.5, 0.6) is 11.5 Å². The molecule has 0 saturated heterocycles. The number of hydrogen-bond donors (Lipinski definition) is 1. The zero-order valence-corrected chi connectivity index (χ0v) is 10.6. The van der Waals surface area contributed by atoms with Crippen LogP contribution in [-0.4, -0.2) is 11.1 Å². The fraction of sp³-hybridized carbons (Fsp3) is 0.400. The fourth-order valence-corrected chi connectivity index (χ4v) is 2.09. The van der Waals surface area contributed by atoms with E-state index >= 15 is 0 Å². The van der Waals surface area contributed by atoms with E-state index in [0.29, 0.717) is 17.7 Å². The number of aromatic hydroxyl groups is 1. The molecule has 0 unspecified atom stereocenters. The van der Waals surface area contributed by atoms with Gasteiger partial charge in [0.2, 0.25) is 0 Å². The number of carbonyl (C=O) groups is 1. The Kier molecular flexibility index (Phi) is 4.03. The van der Waals surface area contributed by atoms with Gasteiger partial charge in [-0.2, -0.15) is 0 Å². The largest absolute Gasteiger partial charge is 0.504 e. The number of phenols is 1. The van der Waals surface area contributed by atoms with Gasteiger partial charge in [0.05, 0.1) is 0 Å². The molecule has 0 fully saturated rings. The molecule has 0 atom stereocenters. The molecule has 0 bridgehead atoms. The highest BCUT2D eigenvalue weighted by atomic mass is 16.5. The van der Waals surface area contributed by atoms with E-state index in [9.17, 15) is 9.90 Å². The smallest absolute Gasteiger partial charge is 0.339 e. The number of unbranched alkanes of at least 4 members (excludes halogenated alkanes) is 3. The Balaban J connectivity index is 2.11. The van der Waals surface area contributed by atoms with E-state index in [1.807, 2.05) is 12.1 Å². The Morgan fingerprint density at radius 1 is 1.39 bits per heavy atom. The predicted molar refractivity (Wildman–Crippen MR) is 69.7 cm³/mol. The van der Waals surface area contributed by atoms with Crippen molar-refractivity contribution in [3.05, 3.63) is 35.4 Å². The standard InChI is InChI=1S/C15H18O3/c1-2-3-4-5-7-12-10-11-8-6-9-13(16)14(11)18-15(12)17/h6-9,16H,2-5,10H2,1H3/b12-7-. The van der Waals surface area contributed by atoms with Gasteiger partial charge in [-0.1, -0.05) is 38.0 Å². The summed E-state index contributed by atoms with van der Waals surface area (Å²) >= 11 is 0. The maximum absolute atomic E-state index is 11.8. The third kappa shape index (κ3) is 2.73. The van der Waals surface area contributed by atoms with Crippen LogP contribution in [0.15, 0.2) is 29.8 Å². The van der Waals surface area contributed by atoms with Gasteiger partial charge in [-0.05, 0) is 18.9 Å². The van der Waals surface area contributed by atoms with Crippen molar-refractivity contribution in [1.29, 1.82) is 0 Å². The summed E-state index contributed by atoms with van der Waals surface area (Å²) in [5.74, 6) is 0.0135. The lowest BCUT2D eigenvalue weighted by Crippen LogP contribution is -2.19. The molecule has 0 radical (unpaired) electrons. The first-order chi connectivity index (χ1) is 8.72. The molecule has 0 saturated carbocycles. The van der Waals surface area contributed by atoms with Crippen molar-refractivity contribution in [2.24, 2.45) is 0 Å². The number of phenolic OH excluding ortho intramolecular Hbond substituents is 1. The van der Waals surface area contributed by atoms with Crippen molar-refractivity contribution in [2.75, 3.05) is 0 Å². The summed E-state index contributed by atoms with van der Waals surface area (Å²) in [6.45, 7) is 2.15. The maximum atomic E-state index is 11.8. The molecule has 1 aromatic rings. The number of allylic oxidation sites excluding steroid dienone is 1. The third-order valence-electron chi connectivity index (χ3n) is 3.11. The van der Waals surface area contributed by atoms with Gasteiger partial charge in [-0.3, -0.25) is 0 Å². The molecule has 0 spiro atoms. The van der Waals surface area contributed by atoms with E-state index in [2.05, 4.69) is 6.92 Å². The van der Waals surface area contributed by atoms with Gasteiger partial charge in [0.25, 0.3) is 0 Å². The number of rotatable bonds is 4. The number of esters is 1. The minimum absolute atomic E-state index is 0.0332. The molecule has 3 nitrogen and oxygen atoms in total. The number of hydrogen-bond acceptors (Lipinski definition) is 3. The minimum Gasteiger partial charge on any atom is -0.504 e. The second-order valence-corrected chi connectivity index (χ2v) is 4.56. The quantitative estimate of drug-likeness (QED) is 0.383. The van der Waals surface area contributed by atoms with Crippen LogP contribution in [0, 0.1) is 0 Å². The van der Waals surface area contributed by atoms with Crippen molar-refractivity contribution in [3.63, 3.8) is 0 Å². The highest BCUT2D eigenvalue weighted by Crippen LogP contribution is 2.35. The van der Waals surface area contributed by atoms with Crippen LogP contribution in [0.2, 0.25) is 0 Å². The first-order valence-electron chi connectivity index (χ1n) is 6.44. The lowest BCUT2D eigenvalue weighted by atomic mass is 9.99. The molecule has 1 aliphatic rings. The average molecular weight is 246 g/mol. The summed E-state index contributed by atoms with van der Waals surface area (Å²) in [4.78, 5) is 11.8. The molecular weight excluding hydrogens is 228 g/mol. The van der Waals surface area contributed by atoms with Crippen molar-refractivity contribution < 1.29 is 14.6 Å². The van der Waals surface area contributed by atoms with Crippen LogP contribution in [0.4, 0.5) is 0 Å². The first kappa shape index (κ1) is 12.7. The summed E-state index contributed by atoms with van der Waals surface area (Å²) in [5.41, 5.74) is 1.57. The van der Waals surface area contributed by atoms with Crippen molar-refractivity contribution in [2.45, 2.75) is 39.0 Å². The molecule has 1 aliphatic heterocycles. The minimum atomic E-state index is -0.333. The highest BCUT2D eigenvalue weighted by Gasteiger charge is 2.24. The molecular formula is C15H18O3. The Morgan fingerprint density at radius 3 is 3.00 bits per heavy atom. The number of para-hydroxylation sites is 1. The second kappa shape index (κ2) is 5.71. The summed E-state index contributed by atoms with van der Waals surface area (Å²) in [7, 11) is 0. The van der Waals surface area contributed by atoms with Crippen LogP contribution >= 0.6 is 0 Å². The van der Waals surface area contributed by atoms with E-state index in [-0.39, 0.29) is 11.7 Å². The predicted octanol–water partition coefficient (Wildman–Crippen LogP) is 3.36. The van der Waals surface area contributed by atoms with E-state index in [1.165, 1.54) is 18.9 Å². The molecule has 0 aliphatic carbocycles. The maximum Gasteiger partial charge on any atom is 0.339 e. The van der Waals surface area contributed by atoms with Gasteiger partial charge < -0.3 is 9.84 Å². The van der Waals surface area contributed by atoms with E-state index in [4.69, 9.17) is 4.74 Å². The zero-order valence-electron chi connectivity index (χ0n) is 10.6. The van der Waals surface area contributed by atoms with Crippen LogP contribution in [-0.2, 0) is 11.2 Å². The van der Waals surface area contributed by atoms with Gasteiger partial charge in [0, 0.05) is 17.6 Å². The Morgan fingerprint density at radius 2 is 2.22 bits per heavy atom. The van der Waals surface area contributed by atoms with Gasteiger partial charge in [-0.25, -0.2) is 4.79 Å². The second-order valence-electron chi connectivity index (χ2n) is 4.56. The summed E-state index contributed by atoms with van der Waals surface area (Å²) < 4.78 is 5.18. The molecule has 1 heterocycles. The molecule has 3 heteroatoms. The number of fused-ring (bicyclic) bond motifs is 1. The third-order valence-corrected chi connectivity index (χ3v) is 3.11. The topological polar surface area (TPSA) is 46.5 Å². The number of carbonyl (C=O) groups excluding carboxylic acids is 1. The van der Waals surface area contributed by atoms with Crippen molar-refractivity contribution in [3.8, 4) is 11.5 Å². The lowest BCUT2D eigenvalue weighted by molar-refractivity contribution is -0.131. The summed E-state index contributed by atoms with van der Waals surface area (Å²) in [6, 6.07) is 5.17. The van der Waals surface area contributed by atoms with Gasteiger partial charge >= 0.3 is 5.97 Å². The zero-order chi connectivity index (χ0) is 13.0. The first-order valence-corrected chi connectivity index (χ1v) is 6.44. The molecule has 2 rings (SSSR count). The number of ether oxygens (including phenoxy) is 1.